The van der Waals surface area contributed by atoms with Crippen molar-refractivity contribution in [2.24, 2.45) is 0 Å². The molecule has 2 heterocycles. The van der Waals surface area contributed by atoms with Gasteiger partial charge in [0.05, 0.1) is 17.8 Å². The summed E-state index contributed by atoms with van der Waals surface area (Å²) >= 11 is 1.48. The number of alkyl halides is 3. The predicted octanol–water partition coefficient (Wildman–Crippen LogP) is 4.20. The predicted molar refractivity (Wildman–Crippen MR) is 104 cm³/mol. The summed E-state index contributed by atoms with van der Waals surface area (Å²) in [7, 11) is 1.52. The molecule has 0 atom stereocenters. The van der Waals surface area contributed by atoms with Crippen molar-refractivity contribution in [1.29, 1.82) is 0 Å². The first-order valence-corrected chi connectivity index (χ1v) is 9.53. The minimum absolute atomic E-state index is 0.194. The summed E-state index contributed by atoms with van der Waals surface area (Å²) < 4.78 is 41.2. The number of aromatic nitrogens is 2. The Morgan fingerprint density at radius 3 is 2.52 bits per heavy atom. The molecule has 1 amide bonds. The van der Waals surface area contributed by atoms with Gasteiger partial charge in [-0.3, -0.25) is 9.59 Å². The second-order valence-corrected chi connectivity index (χ2v) is 7.61. The maximum absolute atomic E-state index is 13.4. The normalized spacial score (nSPS) is 11.5. The first kappa shape index (κ1) is 20.8. The van der Waals surface area contributed by atoms with Crippen molar-refractivity contribution < 1.29 is 18.0 Å². The molecule has 0 fully saturated rings. The largest absolute Gasteiger partial charge is 0.418 e. The van der Waals surface area contributed by atoms with E-state index in [1.807, 2.05) is 18.4 Å². The summed E-state index contributed by atoms with van der Waals surface area (Å²) in [5.74, 6) is -0.652. The lowest BCUT2D eigenvalue weighted by molar-refractivity contribution is -0.137. The number of thiophene rings is 1. The van der Waals surface area contributed by atoms with Gasteiger partial charge in [0, 0.05) is 23.7 Å². The maximum atomic E-state index is 13.4. The monoisotopic (exact) mass is 421 g/mol. The number of hydrogen-bond acceptors (Lipinski definition) is 4. The van der Waals surface area contributed by atoms with E-state index < -0.39 is 28.8 Å². The van der Waals surface area contributed by atoms with Crippen molar-refractivity contribution in [3.8, 4) is 5.69 Å². The lowest BCUT2D eigenvalue weighted by atomic mass is 10.1. The van der Waals surface area contributed by atoms with Crippen molar-refractivity contribution in [1.82, 2.24) is 14.7 Å². The van der Waals surface area contributed by atoms with Crippen LogP contribution in [0.15, 0.2) is 46.6 Å². The fraction of sp³-hybridized carbons (Fsp3) is 0.250. The summed E-state index contributed by atoms with van der Waals surface area (Å²) in [6.07, 6.45) is -4.61. The van der Waals surface area contributed by atoms with Crippen LogP contribution in [0.25, 0.3) is 5.69 Å². The summed E-state index contributed by atoms with van der Waals surface area (Å²) in [6, 6.07) is 7.94. The van der Waals surface area contributed by atoms with Crippen LogP contribution in [0, 0.1) is 13.8 Å². The Balaban J connectivity index is 2.04. The molecule has 0 radical (unpaired) electrons. The second-order valence-electron chi connectivity index (χ2n) is 6.61. The number of aryl methyl sites for hydroxylation is 2. The summed E-state index contributed by atoms with van der Waals surface area (Å²) in [5, 5.41) is 5.90. The highest BCUT2D eigenvalue weighted by Gasteiger charge is 2.34. The number of amides is 1. The van der Waals surface area contributed by atoms with Crippen LogP contribution >= 0.6 is 11.3 Å². The van der Waals surface area contributed by atoms with E-state index in [4.69, 9.17) is 0 Å². The van der Waals surface area contributed by atoms with Crippen molar-refractivity contribution in [3.63, 3.8) is 0 Å². The van der Waals surface area contributed by atoms with Crippen LogP contribution in [0.3, 0.4) is 0 Å². The van der Waals surface area contributed by atoms with Gasteiger partial charge in [0.1, 0.15) is 0 Å². The standard InChI is InChI=1S/C20H18F3N3O2S/c1-12-8-9-29-17(12)11-25(3)19(28)18-16(27)10-13(2)26(24-18)15-7-5-4-6-14(15)20(21,22)23/h4-10H,11H2,1-3H3. The average Bonchev–Trinajstić information content (AvgIpc) is 3.05. The van der Waals surface area contributed by atoms with Crippen LogP contribution < -0.4 is 5.43 Å². The van der Waals surface area contributed by atoms with Gasteiger partial charge in [-0.2, -0.15) is 18.3 Å². The number of hydrogen-bond donors (Lipinski definition) is 0. The molecular weight excluding hydrogens is 403 g/mol. The molecule has 0 saturated carbocycles. The highest BCUT2D eigenvalue weighted by Crippen LogP contribution is 2.33. The molecular formula is C20H18F3N3O2S. The first-order valence-electron chi connectivity index (χ1n) is 8.65. The zero-order valence-electron chi connectivity index (χ0n) is 15.9. The van der Waals surface area contributed by atoms with Gasteiger partial charge in [0.25, 0.3) is 5.91 Å². The minimum atomic E-state index is -4.61. The third-order valence-corrected chi connectivity index (χ3v) is 5.45. The van der Waals surface area contributed by atoms with Crippen LogP contribution in [0.4, 0.5) is 13.2 Å². The molecule has 2 aromatic heterocycles. The molecule has 0 aliphatic rings. The molecule has 0 bridgehead atoms. The Bertz CT molecular complexity index is 1120. The molecule has 0 saturated heterocycles. The molecule has 3 rings (SSSR count). The fourth-order valence-corrected chi connectivity index (χ4v) is 3.83. The molecule has 0 spiro atoms. The maximum Gasteiger partial charge on any atom is 0.418 e. The molecule has 0 aliphatic heterocycles. The van der Waals surface area contributed by atoms with E-state index in [9.17, 15) is 22.8 Å². The van der Waals surface area contributed by atoms with Crippen LogP contribution in [-0.2, 0) is 12.7 Å². The quantitative estimate of drug-likeness (QED) is 0.635. The van der Waals surface area contributed by atoms with E-state index >= 15 is 0 Å². The van der Waals surface area contributed by atoms with Gasteiger partial charge in [-0.1, -0.05) is 12.1 Å². The number of rotatable bonds is 4. The van der Waals surface area contributed by atoms with E-state index in [1.165, 1.54) is 48.4 Å². The Hall–Kier alpha value is -2.94. The van der Waals surface area contributed by atoms with Crippen LogP contribution in [-0.4, -0.2) is 27.6 Å². The molecule has 0 aliphatic carbocycles. The fourth-order valence-electron chi connectivity index (χ4n) is 2.87. The van der Waals surface area contributed by atoms with Gasteiger partial charge in [-0.05, 0) is 43.0 Å². The number of benzene rings is 1. The Morgan fingerprint density at radius 1 is 1.21 bits per heavy atom. The van der Waals surface area contributed by atoms with Gasteiger partial charge in [-0.15, -0.1) is 11.3 Å². The average molecular weight is 421 g/mol. The van der Waals surface area contributed by atoms with Crippen molar-refractivity contribution in [2.45, 2.75) is 26.6 Å². The van der Waals surface area contributed by atoms with Crippen LogP contribution in [0.1, 0.15) is 32.2 Å². The number of para-hydroxylation sites is 1. The Morgan fingerprint density at radius 2 is 1.90 bits per heavy atom. The Kier molecular flexibility index (Phi) is 5.61. The summed E-state index contributed by atoms with van der Waals surface area (Å²) in [6.45, 7) is 3.65. The molecule has 0 unspecified atom stereocenters. The van der Waals surface area contributed by atoms with Crippen LogP contribution in [0.2, 0.25) is 0 Å². The first-order chi connectivity index (χ1) is 13.6. The van der Waals surface area contributed by atoms with E-state index in [1.54, 1.807) is 0 Å². The van der Waals surface area contributed by atoms with Gasteiger partial charge in [0.2, 0.25) is 5.43 Å². The van der Waals surface area contributed by atoms with E-state index in [-0.39, 0.29) is 17.9 Å². The Labute approximate surface area is 169 Å². The number of halogens is 3. The number of carbonyl (C=O) groups excluding carboxylic acids is 1. The molecule has 0 N–H and O–H groups in total. The van der Waals surface area contributed by atoms with Crippen molar-refractivity contribution >= 4 is 17.2 Å². The van der Waals surface area contributed by atoms with E-state index in [0.717, 1.165) is 27.3 Å². The van der Waals surface area contributed by atoms with Gasteiger partial charge in [-0.25, -0.2) is 4.68 Å². The number of carbonyl (C=O) groups is 1. The van der Waals surface area contributed by atoms with Crippen molar-refractivity contribution in [2.75, 3.05) is 7.05 Å². The lowest BCUT2D eigenvalue weighted by Gasteiger charge is -2.19. The topological polar surface area (TPSA) is 55.2 Å². The molecule has 152 valence electrons. The third-order valence-electron chi connectivity index (χ3n) is 4.44. The number of nitrogens with zero attached hydrogens (tertiary/aromatic N) is 3. The van der Waals surface area contributed by atoms with Crippen LogP contribution in [0.5, 0.6) is 0 Å². The van der Waals surface area contributed by atoms with Gasteiger partial charge >= 0.3 is 6.18 Å². The molecule has 29 heavy (non-hydrogen) atoms. The third kappa shape index (κ3) is 4.24. The minimum Gasteiger partial charge on any atom is -0.335 e. The molecule has 3 aromatic rings. The highest BCUT2D eigenvalue weighted by molar-refractivity contribution is 7.10. The summed E-state index contributed by atoms with van der Waals surface area (Å²) in [5.41, 5.74) is -1.00. The SMILES string of the molecule is Cc1ccsc1CN(C)C(=O)c1nn(-c2ccccc2C(F)(F)F)c(C)cc1=O. The zero-order chi connectivity index (χ0) is 21.3. The summed E-state index contributed by atoms with van der Waals surface area (Å²) in [4.78, 5) is 27.5. The van der Waals surface area contributed by atoms with Crippen molar-refractivity contribution in [3.05, 3.63) is 79.4 Å². The molecule has 5 nitrogen and oxygen atoms in total. The van der Waals surface area contributed by atoms with Gasteiger partial charge < -0.3 is 4.90 Å². The lowest BCUT2D eigenvalue weighted by Crippen LogP contribution is -2.33. The molecule has 1 aromatic carbocycles. The zero-order valence-corrected chi connectivity index (χ0v) is 16.8. The van der Waals surface area contributed by atoms with E-state index in [2.05, 4.69) is 5.10 Å². The highest BCUT2D eigenvalue weighted by atomic mass is 32.1. The van der Waals surface area contributed by atoms with E-state index in [0.29, 0.717) is 0 Å². The second kappa shape index (κ2) is 7.82. The molecule has 9 heteroatoms. The smallest absolute Gasteiger partial charge is 0.335 e. The van der Waals surface area contributed by atoms with Gasteiger partial charge in [0.15, 0.2) is 5.69 Å².